The van der Waals surface area contributed by atoms with Crippen molar-refractivity contribution in [2.75, 3.05) is 19.6 Å². The fourth-order valence-corrected chi connectivity index (χ4v) is 2.75. The fourth-order valence-electron chi connectivity index (χ4n) is 2.75. The lowest BCUT2D eigenvalue weighted by Crippen LogP contribution is -2.37. The van der Waals surface area contributed by atoms with Crippen molar-refractivity contribution in [1.82, 2.24) is 4.90 Å². The SMILES string of the molecule is N#CC(C(=O)[O-])C1CN2CCCC1C2. The molecule has 2 rings (SSSR count). The average molecular weight is 193 g/mol. The molecular formula is C10H13N2O2-. The average Bonchev–Trinajstić information content (AvgIpc) is 2.43. The number of nitrogens with zero attached hydrogens (tertiary/aromatic N) is 2. The number of piperidine rings is 1. The van der Waals surface area contributed by atoms with Crippen molar-refractivity contribution in [1.29, 1.82) is 5.26 Å². The number of nitriles is 1. The maximum atomic E-state index is 10.8. The highest BCUT2D eigenvalue weighted by molar-refractivity contribution is 5.71. The first-order chi connectivity index (χ1) is 6.72. The summed E-state index contributed by atoms with van der Waals surface area (Å²) in [4.78, 5) is 13.0. The zero-order chi connectivity index (χ0) is 10.1. The van der Waals surface area contributed by atoms with E-state index < -0.39 is 11.9 Å². The molecule has 2 bridgehead atoms. The van der Waals surface area contributed by atoms with Crippen LogP contribution in [0.4, 0.5) is 0 Å². The van der Waals surface area contributed by atoms with Crippen molar-refractivity contribution in [3.05, 3.63) is 0 Å². The minimum atomic E-state index is -1.20. The molecule has 2 aliphatic rings. The van der Waals surface area contributed by atoms with Crippen LogP contribution in [0.1, 0.15) is 12.8 Å². The Balaban J connectivity index is 2.11. The van der Waals surface area contributed by atoms with Gasteiger partial charge in [-0.1, -0.05) is 0 Å². The highest BCUT2D eigenvalue weighted by atomic mass is 16.4. The van der Waals surface area contributed by atoms with Gasteiger partial charge in [-0.2, -0.15) is 5.26 Å². The van der Waals surface area contributed by atoms with Crippen molar-refractivity contribution in [2.24, 2.45) is 17.8 Å². The largest absolute Gasteiger partial charge is 0.549 e. The second-order valence-electron chi connectivity index (χ2n) is 4.25. The van der Waals surface area contributed by atoms with E-state index in [1.165, 1.54) is 0 Å². The second kappa shape index (κ2) is 3.58. The molecule has 0 aliphatic carbocycles. The zero-order valence-electron chi connectivity index (χ0n) is 7.98. The number of hydrogen-bond acceptors (Lipinski definition) is 4. The molecule has 76 valence electrons. The molecule has 0 aromatic heterocycles. The molecule has 0 aromatic carbocycles. The Bertz CT molecular complexity index is 284. The van der Waals surface area contributed by atoms with Crippen molar-refractivity contribution in [3.8, 4) is 6.07 Å². The second-order valence-corrected chi connectivity index (χ2v) is 4.25. The van der Waals surface area contributed by atoms with Gasteiger partial charge in [0, 0.05) is 13.1 Å². The van der Waals surface area contributed by atoms with Crippen molar-refractivity contribution < 1.29 is 9.90 Å². The molecule has 0 aromatic rings. The van der Waals surface area contributed by atoms with E-state index in [0.29, 0.717) is 5.92 Å². The van der Waals surface area contributed by atoms with Gasteiger partial charge in [-0.25, -0.2) is 0 Å². The fraction of sp³-hybridized carbons (Fsp3) is 0.800. The Morgan fingerprint density at radius 3 is 2.93 bits per heavy atom. The van der Waals surface area contributed by atoms with Crippen LogP contribution in [0.15, 0.2) is 0 Å². The summed E-state index contributed by atoms with van der Waals surface area (Å²) in [5.74, 6) is -1.73. The first-order valence-electron chi connectivity index (χ1n) is 5.05. The zero-order valence-corrected chi connectivity index (χ0v) is 7.98. The third-order valence-corrected chi connectivity index (χ3v) is 3.44. The molecule has 2 aliphatic heterocycles. The smallest absolute Gasteiger partial charge is 0.0901 e. The van der Waals surface area contributed by atoms with Gasteiger partial charge in [-0.3, -0.25) is 0 Å². The third kappa shape index (κ3) is 1.48. The van der Waals surface area contributed by atoms with Gasteiger partial charge in [0.2, 0.25) is 0 Å². The summed E-state index contributed by atoms with van der Waals surface area (Å²) in [6.45, 7) is 2.78. The number of carboxylic acids is 1. The van der Waals surface area contributed by atoms with Crippen molar-refractivity contribution >= 4 is 5.97 Å². The number of hydrogen-bond donors (Lipinski definition) is 0. The molecule has 4 unspecified atom stereocenters. The first kappa shape index (κ1) is 9.47. The number of carbonyl (C=O) groups is 1. The van der Waals surface area contributed by atoms with Crippen molar-refractivity contribution in [3.63, 3.8) is 0 Å². The molecule has 0 amide bonds. The molecule has 4 nitrogen and oxygen atoms in total. The van der Waals surface area contributed by atoms with Gasteiger partial charge < -0.3 is 14.8 Å². The number of carbonyl (C=O) groups excluding carboxylic acids is 1. The predicted molar refractivity (Wildman–Crippen MR) is 46.8 cm³/mol. The Kier molecular flexibility index (Phi) is 2.42. The Morgan fingerprint density at radius 1 is 1.57 bits per heavy atom. The van der Waals surface area contributed by atoms with Crippen LogP contribution in [0, 0.1) is 29.1 Å². The van der Waals surface area contributed by atoms with E-state index in [0.717, 1.165) is 32.5 Å². The van der Waals surface area contributed by atoms with Gasteiger partial charge in [0.15, 0.2) is 0 Å². The van der Waals surface area contributed by atoms with Crippen molar-refractivity contribution in [2.45, 2.75) is 12.8 Å². The van der Waals surface area contributed by atoms with Gasteiger partial charge in [-0.05, 0) is 31.2 Å². The normalized spacial score (nSPS) is 37.5. The van der Waals surface area contributed by atoms with Gasteiger partial charge in [0.1, 0.15) is 0 Å². The number of fused-ring (bicyclic) bond motifs is 2. The minimum absolute atomic E-state index is 0.00694. The molecule has 0 saturated carbocycles. The Morgan fingerprint density at radius 2 is 2.36 bits per heavy atom. The standard InChI is InChI=1S/C10H14N2O2/c11-4-8(10(13)14)9-6-12-3-1-2-7(9)5-12/h7-9H,1-3,5-6H2,(H,13,14)/p-1. The van der Waals surface area contributed by atoms with Crippen LogP contribution < -0.4 is 5.11 Å². The van der Waals surface area contributed by atoms with Crippen LogP contribution in [0.3, 0.4) is 0 Å². The summed E-state index contributed by atoms with van der Waals surface area (Å²) < 4.78 is 0. The third-order valence-electron chi connectivity index (χ3n) is 3.44. The quantitative estimate of drug-likeness (QED) is 0.577. The van der Waals surface area contributed by atoms with Crippen LogP contribution in [-0.4, -0.2) is 30.5 Å². The molecule has 0 radical (unpaired) electrons. The number of rotatable bonds is 2. The molecule has 4 heteroatoms. The maximum absolute atomic E-state index is 10.8. The highest BCUT2D eigenvalue weighted by Gasteiger charge is 2.40. The lowest BCUT2D eigenvalue weighted by atomic mass is 9.82. The van der Waals surface area contributed by atoms with E-state index in [4.69, 9.17) is 5.26 Å². The van der Waals surface area contributed by atoms with Gasteiger partial charge in [0.05, 0.1) is 18.0 Å². The summed E-state index contributed by atoms with van der Waals surface area (Å²) in [5.41, 5.74) is 0. The Hall–Kier alpha value is -1.08. The van der Waals surface area contributed by atoms with E-state index in [9.17, 15) is 9.90 Å². The topological polar surface area (TPSA) is 67.2 Å². The Labute approximate surface area is 83.1 Å². The van der Waals surface area contributed by atoms with E-state index >= 15 is 0 Å². The predicted octanol–water partition coefficient (Wildman–Crippen LogP) is -0.782. The van der Waals surface area contributed by atoms with Gasteiger partial charge >= 0.3 is 0 Å². The molecular weight excluding hydrogens is 180 g/mol. The summed E-state index contributed by atoms with van der Waals surface area (Å²) >= 11 is 0. The minimum Gasteiger partial charge on any atom is -0.549 e. The number of carboxylic acid groups (broad SMARTS) is 1. The first-order valence-corrected chi connectivity index (χ1v) is 5.05. The van der Waals surface area contributed by atoms with Crippen LogP contribution in [0.2, 0.25) is 0 Å². The van der Waals surface area contributed by atoms with Gasteiger partial charge in [0.25, 0.3) is 0 Å². The van der Waals surface area contributed by atoms with E-state index in [2.05, 4.69) is 4.90 Å². The number of aliphatic carboxylic acids is 1. The van der Waals surface area contributed by atoms with E-state index in [-0.39, 0.29) is 5.92 Å². The van der Waals surface area contributed by atoms with Crippen LogP contribution >= 0.6 is 0 Å². The summed E-state index contributed by atoms with van der Waals surface area (Å²) in [6, 6.07) is 1.87. The van der Waals surface area contributed by atoms with Crippen LogP contribution in [0.5, 0.6) is 0 Å². The highest BCUT2D eigenvalue weighted by Crippen LogP contribution is 2.36. The lowest BCUT2D eigenvalue weighted by molar-refractivity contribution is -0.311. The molecule has 0 N–H and O–H groups in total. The molecule has 14 heavy (non-hydrogen) atoms. The molecule has 4 atom stereocenters. The summed E-state index contributed by atoms with van der Waals surface area (Å²) in [5, 5.41) is 19.5. The van der Waals surface area contributed by atoms with E-state index in [1.807, 2.05) is 6.07 Å². The molecule has 0 spiro atoms. The monoisotopic (exact) mass is 193 g/mol. The van der Waals surface area contributed by atoms with Gasteiger partial charge in [-0.15, -0.1) is 0 Å². The lowest BCUT2D eigenvalue weighted by Gasteiger charge is -2.24. The molecule has 2 fully saturated rings. The maximum Gasteiger partial charge on any atom is 0.0901 e. The summed E-state index contributed by atoms with van der Waals surface area (Å²) in [7, 11) is 0. The molecule has 2 saturated heterocycles. The summed E-state index contributed by atoms with van der Waals surface area (Å²) in [6.07, 6.45) is 2.19. The van der Waals surface area contributed by atoms with Crippen LogP contribution in [-0.2, 0) is 4.79 Å². The van der Waals surface area contributed by atoms with Crippen LogP contribution in [0.25, 0.3) is 0 Å². The van der Waals surface area contributed by atoms with E-state index in [1.54, 1.807) is 0 Å². The molecule has 2 heterocycles.